The van der Waals surface area contributed by atoms with Crippen LogP contribution >= 0.6 is 0 Å². The van der Waals surface area contributed by atoms with Gasteiger partial charge in [-0.3, -0.25) is 9.88 Å². The maximum Gasteiger partial charge on any atom is 0.141 e. The third-order valence-corrected chi connectivity index (χ3v) is 3.17. The fourth-order valence-electron chi connectivity index (χ4n) is 2.39. The molecule has 1 saturated heterocycles. The van der Waals surface area contributed by atoms with Gasteiger partial charge in [0.1, 0.15) is 5.82 Å². The summed E-state index contributed by atoms with van der Waals surface area (Å²) < 4.78 is 0. The van der Waals surface area contributed by atoms with Gasteiger partial charge in [0.15, 0.2) is 0 Å². The van der Waals surface area contributed by atoms with Crippen molar-refractivity contribution < 1.29 is 0 Å². The number of likely N-dealkylation sites (N-methyl/N-ethyl adjacent to an activating group) is 1. The van der Waals surface area contributed by atoms with Gasteiger partial charge in [-0.2, -0.15) is 0 Å². The lowest BCUT2D eigenvalue weighted by Gasteiger charge is -2.26. The zero-order valence-electron chi connectivity index (χ0n) is 10.6. The molecule has 1 aliphatic heterocycles. The van der Waals surface area contributed by atoms with Gasteiger partial charge in [-0.15, -0.1) is 0 Å². The van der Waals surface area contributed by atoms with Gasteiger partial charge in [0.2, 0.25) is 0 Å². The topological polar surface area (TPSA) is 58.3 Å². The van der Waals surface area contributed by atoms with Gasteiger partial charge in [0, 0.05) is 19.1 Å². The van der Waals surface area contributed by atoms with Crippen LogP contribution in [0.3, 0.4) is 0 Å². The highest BCUT2D eigenvalue weighted by molar-refractivity contribution is 5.22. The highest BCUT2D eigenvalue weighted by Crippen LogP contribution is 2.19. The second-order valence-corrected chi connectivity index (χ2v) is 4.96. The third kappa shape index (κ3) is 3.38. The van der Waals surface area contributed by atoms with Crippen molar-refractivity contribution in [2.24, 2.45) is 0 Å². The summed E-state index contributed by atoms with van der Waals surface area (Å²) in [5.41, 5.74) is 6.54. The smallest absolute Gasteiger partial charge is 0.141 e. The molecular weight excluding hydrogens is 214 g/mol. The van der Waals surface area contributed by atoms with Crippen LogP contribution in [0.15, 0.2) is 12.4 Å². The highest BCUT2D eigenvalue weighted by atomic mass is 15.2. The van der Waals surface area contributed by atoms with Gasteiger partial charge in [-0.25, -0.2) is 4.98 Å². The van der Waals surface area contributed by atoms with Gasteiger partial charge in [-0.05, 0) is 33.5 Å². The Kier molecular flexibility index (Phi) is 3.91. The monoisotopic (exact) mass is 235 g/mol. The van der Waals surface area contributed by atoms with Crippen LogP contribution < -0.4 is 5.73 Å². The maximum absolute atomic E-state index is 5.53. The SMILES string of the molecule is CN(C)CC1CCCN1Cc1cnc(N)cn1. The number of aromatic nitrogens is 2. The van der Waals surface area contributed by atoms with E-state index in [-0.39, 0.29) is 0 Å². The third-order valence-electron chi connectivity index (χ3n) is 3.17. The highest BCUT2D eigenvalue weighted by Gasteiger charge is 2.25. The number of likely N-dealkylation sites (tertiary alicyclic amines) is 1. The van der Waals surface area contributed by atoms with Crippen molar-refractivity contribution in [2.75, 3.05) is 32.9 Å². The molecule has 2 N–H and O–H groups in total. The minimum Gasteiger partial charge on any atom is -0.382 e. The van der Waals surface area contributed by atoms with Gasteiger partial charge in [0.05, 0.1) is 18.1 Å². The number of hydrogen-bond acceptors (Lipinski definition) is 5. The van der Waals surface area contributed by atoms with Crippen molar-refractivity contribution >= 4 is 5.82 Å². The van der Waals surface area contributed by atoms with Crippen LogP contribution in [0.2, 0.25) is 0 Å². The number of hydrogen-bond donors (Lipinski definition) is 1. The molecule has 0 aromatic carbocycles. The normalized spacial score (nSPS) is 21.2. The van der Waals surface area contributed by atoms with E-state index in [1.54, 1.807) is 12.4 Å². The van der Waals surface area contributed by atoms with Gasteiger partial charge >= 0.3 is 0 Å². The molecule has 0 amide bonds. The molecular formula is C12H21N5. The average Bonchev–Trinajstić information content (AvgIpc) is 2.68. The summed E-state index contributed by atoms with van der Waals surface area (Å²) >= 11 is 0. The Morgan fingerprint density at radius 1 is 1.41 bits per heavy atom. The quantitative estimate of drug-likeness (QED) is 0.827. The van der Waals surface area contributed by atoms with Crippen LogP contribution in [0.4, 0.5) is 5.82 Å². The summed E-state index contributed by atoms with van der Waals surface area (Å²) in [5, 5.41) is 0. The molecule has 94 valence electrons. The van der Waals surface area contributed by atoms with E-state index in [1.807, 2.05) is 0 Å². The number of nitrogens with two attached hydrogens (primary N) is 1. The van der Waals surface area contributed by atoms with Crippen LogP contribution in [0.5, 0.6) is 0 Å². The molecule has 0 spiro atoms. The van der Waals surface area contributed by atoms with Crippen molar-refractivity contribution in [2.45, 2.75) is 25.4 Å². The van der Waals surface area contributed by atoms with Crippen LogP contribution in [-0.4, -0.2) is 53.0 Å². The summed E-state index contributed by atoms with van der Waals surface area (Å²) in [4.78, 5) is 13.1. The van der Waals surface area contributed by atoms with Gasteiger partial charge in [-0.1, -0.05) is 0 Å². The van der Waals surface area contributed by atoms with E-state index in [9.17, 15) is 0 Å². The number of nitrogens with zero attached hydrogens (tertiary/aromatic N) is 4. The summed E-state index contributed by atoms with van der Waals surface area (Å²) in [6.45, 7) is 3.15. The molecule has 0 saturated carbocycles. The lowest BCUT2D eigenvalue weighted by molar-refractivity contribution is 0.199. The Bertz CT molecular complexity index is 348. The fraction of sp³-hybridized carbons (Fsp3) is 0.667. The van der Waals surface area contributed by atoms with Crippen molar-refractivity contribution in [3.05, 3.63) is 18.1 Å². The van der Waals surface area contributed by atoms with Crippen molar-refractivity contribution in [1.82, 2.24) is 19.8 Å². The standard InChI is InChI=1S/C12H21N5/c1-16(2)9-11-4-3-5-17(11)8-10-6-15-12(13)7-14-10/h6-7,11H,3-5,8-9H2,1-2H3,(H2,13,15). The predicted octanol–water partition coefficient (Wildman–Crippen LogP) is 0.585. The van der Waals surface area contributed by atoms with Crippen LogP contribution in [0.25, 0.3) is 0 Å². The van der Waals surface area contributed by atoms with Gasteiger partial charge < -0.3 is 10.6 Å². The number of nitrogen functional groups attached to an aromatic ring is 1. The molecule has 1 aliphatic rings. The molecule has 2 rings (SSSR count). The Morgan fingerprint density at radius 2 is 2.24 bits per heavy atom. The Labute approximate surface area is 103 Å². The molecule has 1 atom stereocenters. The summed E-state index contributed by atoms with van der Waals surface area (Å²) in [6, 6.07) is 0.643. The van der Waals surface area contributed by atoms with E-state index in [0.29, 0.717) is 11.9 Å². The zero-order valence-corrected chi connectivity index (χ0v) is 10.6. The van der Waals surface area contributed by atoms with Crippen LogP contribution in [0, 0.1) is 0 Å². The molecule has 5 nitrogen and oxygen atoms in total. The van der Waals surface area contributed by atoms with E-state index in [1.165, 1.54) is 12.8 Å². The minimum atomic E-state index is 0.486. The molecule has 1 unspecified atom stereocenters. The van der Waals surface area contributed by atoms with Crippen LogP contribution in [-0.2, 0) is 6.54 Å². The minimum absolute atomic E-state index is 0.486. The molecule has 0 radical (unpaired) electrons. The average molecular weight is 235 g/mol. The first kappa shape index (κ1) is 12.3. The first-order valence-corrected chi connectivity index (χ1v) is 6.10. The number of rotatable bonds is 4. The molecule has 5 heteroatoms. The molecule has 17 heavy (non-hydrogen) atoms. The summed E-state index contributed by atoms with van der Waals surface area (Å²) in [5.74, 6) is 0.486. The lowest BCUT2D eigenvalue weighted by atomic mass is 10.2. The van der Waals surface area contributed by atoms with E-state index in [2.05, 4.69) is 33.9 Å². The second-order valence-electron chi connectivity index (χ2n) is 4.96. The Hall–Kier alpha value is -1.20. The van der Waals surface area contributed by atoms with E-state index in [4.69, 9.17) is 5.73 Å². The Balaban J connectivity index is 1.95. The van der Waals surface area contributed by atoms with Crippen molar-refractivity contribution in [3.8, 4) is 0 Å². The number of anilines is 1. The fourth-order valence-corrected chi connectivity index (χ4v) is 2.39. The lowest BCUT2D eigenvalue weighted by Crippen LogP contribution is -2.37. The molecule has 2 heterocycles. The van der Waals surface area contributed by atoms with E-state index in [0.717, 1.165) is 25.3 Å². The first-order valence-electron chi connectivity index (χ1n) is 6.10. The molecule has 1 aromatic rings. The van der Waals surface area contributed by atoms with Gasteiger partial charge in [0.25, 0.3) is 0 Å². The Morgan fingerprint density at radius 3 is 2.88 bits per heavy atom. The second kappa shape index (κ2) is 5.42. The van der Waals surface area contributed by atoms with Crippen molar-refractivity contribution in [1.29, 1.82) is 0 Å². The molecule has 0 bridgehead atoms. The predicted molar refractivity (Wildman–Crippen MR) is 68.4 cm³/mol. The van der Waals surface area contributed by atoms with Crippen LogP contribution in [0.1, 0.15) is 18.5 Å². The first-order chi connectivity index (χ1) is 8.15. The maximum atomic E-state index is 5.53. The van der Waals surface area contributed by atoms with E-state index < -0.39 is 0 Å². The molecule has 1 aromatic heterocycles. The zero-order chi connectivity index (χ0) is 12.3. The molecule has 0 aliphatic carbocycles. The van der Waals surface area contributed by atoms with E-state index >= 15 is 0 Å². The largest absolute Gasteiger partial charge is 0.382 e. The summed E-state index contributed by atoms with van der Waals surface area (Å²) in [6.07, 6.45) is 5.97. The van der Waals surface area contributed by atoms with Crippen molar-refractivity contribution in [3.63, 3.8) is 0 Å². The molecule has 1 fully saturated rings. The summed E-state index contributed by atoms with van der Waals surface area (Å²) in [7, 11) is 4.25.